The second-order valence-electron chi connectivity index (χ2n) is 9.52. The maximum Gasteiger partial charge on any atom is 0.382 e. The number of nitrogens with zero attached hydrogens (tertiary/aromatic N) is 3. The number of ether oxygens (including phenoxy) is 6. The van der Waals surface area contributed by atoms with Gasteiger partial charge in [-0.25, -0.2) is 4.79 Å². The van der Waals surface area contributed by atoms with Crippen LogP contribution in [0.25, 0.3) is 0 Å². The first-order valence-corrected chi connectivity index (χ1v) is 13.0. The number of nitrogens with one attached hydrogen (secondary N) is 1. The minimum absolute atomic E-state index is 0.114. The summed E-state index contributed by atoms with van der Waals surface area (Å²) in [7, 11) is 0.980. The van der Waals surface area contributed by atoms with Crippen LogP contribution in [0.2, 0.25) is 0 Å². The predicted octanol–water partition coefficient (Wildman–Crippen LogP) is -0.588. The number of hydrogen-bond donors (Lipinski definition) is 1. The van der Waals surface area contributed by atoms with Crippen molar-refractivity contribution < 1.29 is 67.0 Å². The molecule has 6 atom stereocenters. The number of esters is 5. The highest BCUT2D eigenvalue weighted by Crippen LogP contribution is 2.37. The molecule has 0 aliphatic carbocycles. The van der Waals surface area contributed by atoms with Gasteiger partial charge in [-0.3, -0.25) is 28.8 Å². The molecule has 2 saturated heterocycles. The van der Waals surface area contributed by atoms with Gasteiger partial charge in [0.1, 0.15) is 18.8 Å². The van der Waals surface area contributed by atoms with E-state index in [2.05, 4.69) is 10.6 Å². The second kappa shape index (κ2) is 15.1. The summed E-state index contributed by atoms with van der Waals surface area (Å²) < 4.78 is 32.0. The van der Waals surface area contributed by atoms with Gasteiger partial charge in [-0.2, -0.15) is 0 Å². The molecule has 18 nitrogen and oxygen atoms in total. The van der Waals surface area contributed by atoms with Gasteiger partial charge in [-0.1, -0.05) is 0 Å². The average Bonchev–Trinajstić information content (AvgIpc) is 3.43. The van der Waals surface area contributed by atoms with Gasteiger partial charge in [0.25, 0.3) is 0 Å². The van der Waals surface area contributed by atoms with Gasteiger partial charge in [-0.15, -0.1) is 5.01 Å². The van der Waals surface area contributed by atoms with E-state index in [4.69, 9.17) is 33.3 Å². The number of methoxy groups -OCH3 is 1. The van der Waals surface area contributed by atoms with E-state index >= 15 is 0 Å². The van der Waals surface area contributed by atoms with Crippen LogP contribution in [-0.4, -0.2) is 109 Å². The molecule has 2 heterocycles. The Hall–Kier alpha value is -4.22. The van der Waals surface area contributed by atoms with E-state index in [1.807, 2.05) is 0 Å². The van der Waals surface area contributed by atoms with Crippen molar-refractivity contribution in [2.45, 2.75) is 90.1 Å². The lowest BCUT2D eigenvalue weighted by molar-refractivity contribution is -0.711. The number of carbonyl (C=O) groups excluding carboxylic acids is 6. The zero-order chi connectivity index (χ0) is 31.6. The minimum atomic E-state index is -2.61. The molecule has 0 unspecified atom stereocenters. The van der Waals surface area contributed by atoms with Gasteiger partial charge in [0.05, 0.1) is 37.6 Å². The largest absolute Gasteiger partial charge is 0.569 e. The van der Waals surface area contributed by atoms with Crippen LogP contribution in [0.5, 0.6) is 0 Å². The lowest BCUT2D eigenvalue weighted by atomic mass is 9.88. The topological polar surface area (TPSA) is 221 Å². The Morgan fingerprint density at radius 3 is 2.12 bits per heavy atom. The Kier molecular flexibility index (Phi) is 12.2. The highest BCUT2D eigenvalue weighted by molar-refractivity contribution is 5.79. The fraction of sp³-hybridized carbons (Fsp3) is 0.750. The molecule has 1 N–H and O–H groups in total. The van der Waals surface area contributed by atoms with Crippen LogP contribution >= 0.6 is 0 Å². The number of carbonyl (C=O) groups is 6. The van der Waals surface area contributed by atoms with Crippen molar-refractivity contribution in [3.8, 4) is 0 Å². The lowest BCUT2D eigenvalue weighted by Crippen LogP contribution is -2.69. The van der Waals surface area contributed by atoms with Crippen molar-refractivity contribution in [2.24, 2.45) is 5.28 Å². The van der Waals surface area contributed by atoms with E-state index in [1.165, 1.54) is 5.01 Å². The Labute approximate surface area is 241 Å². The van der Waals surface area contributed by atoms with Gasteiger partial charge in [0, 0.05) is 34.6 Å². The summed E-state index contributed by atoms with van der Waals surface area (Å²) in [5.41, 5.74) is 0. The van der Waals surface area contributed by atoms with E-state index in [-0.39, 0.29) is 4.97 Å². The molecule has 2 aliphatic heterocycles. The minimum Gasteiger partial charge on any atom is -0.569 e. The lowest BCUT2D eigenvalue weighted by Gasteiger charge is -2.46. The summed E-state index contributed by atoms with van der Waals surface area (Å²) in [6, 6.07) is -1.38. The van der Waals surface area contributed by atoms with E-state index in [9.17, 15) is 34.0 Å². The normalized spacial score (nSPS) is 25.3. The first-order valence-electron chi connectivity index (χ1n) is 13.0. The van der Waals surface area contributed by atoms with Crippen LogP contribution in [0.1, 0.15) is 53.9 Å². The van der Waals surface area contributed by atoms with Gasteiger partial charge >= 0.3 is 35.6 Å². The molecule has 42 heavy (non-hydrogen) atoms. The summed E-state index contributed by atoms with van der Waals surface area (Å²) in [6.07, 6.45) is -5.70. The zero-order valence-electron chi connectivity index (χ0n) is 24.2. The Morgan fingerprint density at radius 1 is 1.00 bits per heavy atom. The van der Waals surface area contributed by atoms with Crippen LogP contribution in [-0.2, 0) is 62.0 Å². The van der Waals surface area contributed by atoms with Gasteiger partial charge in [-0.05, 0) is 12.8 Å². The van der Waals surface area contributed by atoms with Crippen LogP contribution in [0, 0.1) is 5.21 Å². The molecule has 0 saturated carbocycles. The quantitative estimate of drug-likeness (QED) is 0.0967. The highest BCUT2D eigenvalue weighted by Gasteiger charge is 2.61. The zero-order valence-corrected chi connectivity index (χ0v) is 24.2. The summed E-state index contributed by atoms with van der Waals surface area (Å²) >= 11 is 0. The van der Waals surface area contributed by atoms with Crippen molar-refractivity contribution in [3.05, 3.63) is 5.21 Å². The first kappa shape index (κ1) is 34.0. The van der Waals surface area contributed by atoms with Gasteiger partial charge in [0.15, 0.2) is 12.2 Å². The molecule has 0 radical (unpaired) electrons. The third-order valence-electron chi connectivity index (χ3n) is 6.08. The number of hydrogen-bond acceptors (Lipinski definition) is 15. The molecule has 0 spiro atoms. The van der Waals surface area contributed by atoms with Crippen LogP contribution < -0.4 is 5.32 Å². The SMILES string of the molecule is COC(=O)[C@@]1(O/N=[N+](\[O-])N2CCCC2)C[C@H](OC(C)=O)[C@@H](NC(C)=O)[C@H]([C@H](OC(C)=O)[C@@H](COC(C)=O)OC(C)=O)O1. The van der Waals surface area contributed by atoms with E-state index < -0.39 is 85.0 Å². The van der Waals surface area contributed by atoms with Crippen LogP contribution in [0.4, 0.5) is 0 Å². The standard InChI is InChI=1S/C24H36N4O14/c1-13(29)25-20-18(38-15(3)31)11-24(23(34)36-6,42-26-28(35)27-9-7-8-10-27)41-22(20)21(40-17(5)33)19(39-16(4)32)12-37-14(2)30/h18-22H,7-12H2,1-6H3,(H,25,29)/b28-26-/t18-,19+,20+,21+,22+,24-/m0/s1. The predicted molar refractivity (Wildman–Crippen MR) is 133 cm³/mol. The summed E-state index contributed by atoms with van der Waals surface area (Å²) in [5.74, 6) is -7.97. The van der Waals surface area contributed by atoms with Crippen molar-refractivity contribution in [1.29, 1.82) is 0 Å². The van der Waals surface area contributed by atoms with Crippen molar-refractivity contribution in [3.63, 3.8) is 0 Å². The fourth-order valence-electron chi connectivity index (χ4n) is 4.52. The number of hydrazine groups is 1. The molecule has 2 rings (SSSR count). The van der Waals surface area contributed by atoms with Crippen molar-refractivity contribution in [2.75, 3.05) is 26.8 Å². The van der Waals surface area contributed by atoms with Crippen molar-refractivity contribution >= 4 is 35.8 Å². The molecule has 18 heteroatoms. The first-order chi connectivity index (χ1) is 19.7. The Morgan fingerprint density at radius 2 is 1.62 bits per heavy atom. The molecule has 0 bridgehead atoms. The third-order valence-corrected chi connectivity index (χ3v) is 6.08. The smallest absolute Gasteiger partial charge is 0.382 e. The molecule has 2 fully saturated rings. The van der Waals surface area contributed by atoms with Gasteiger partial charge in [0.2, 0.25) is 11.2 Å². The van der Waals surface area contributed by atoms with Gasteiger partial charge < -0.3 is 38.9 Å². The fourth-order valence-corrected chi connectivity index (χ4v) is 4.52. The number of amides is 1. The van der Waals surface area contributed by atoms with Crippen molar-refractivity contribution in [1.82, 2.24) is 10.3 Å². The van der Waals surface area contributed by atoms with Crippen LogP contribution in [0.15, 0.2) is 5.28 Å². The Bertz CT molecular complexity index is 1060. The number of rotatable bonds is 12. The molecule has 2 aliphatic rings. The molecular formula is C24H36N4O14. The molecule has 0 aromatic rings. The average molecular weight is 605 g/mol. The third kappa shape index (κ3) is 9.42. The Balaban J connectivity index is 2.71. The maximum absolute atomic E-state index is 13.2. The van der Waals surface area contributed by atoms with E-state index in [0.29, 0.717) is 25.9 Å². The van der Waals surface area contributed by atoms with E-state index in [1.54, 1.807) is 0 Å². The highest BCUT2D eigenvalue weighted by atomic mass is 16.8. The second-order valence-corrected chi connectivity index (χ2v) is 9.52. The molecular weight excluding hydrogens is 568 g/mol. The molecule has 0 aromatic carbocycles. The summed E-state index contributed by atoms with van der Waals surface area (Å²) in [6.45, 7) is 5.37. The monoisotopic (exact) mass is 604 g/mol. The molecule has 236 valence electrons. The van der Waals surface area contributed by atoms with E-state index in [0.717, 1.165) is 41.7 Å². The summed E-state index contributed by atoms with van der Waals surface area (Å²) in [5, 5.41) is 19.8. The molecule has 1 amide bonds. The maximum atomic E-state index is 13.2. The molecule has 0 aromatic heterocycles. The summed E-state index contributed by atoms with van der Waals surface area (Å²) in [4.78, 5) is 78.8. The van der Waals surface area contributed by atoms with Crippen LogP contribution in [0.3, 0.4) is 0 Å².